The number of thiazole rings is 1. The molecule has 12 heteroatoms. The maximum absolute atomic E-state index is 13.3. The molecule has 1 N–H and O–H groups in total. The maximum atomic E-state index is 13.3. The summed E-state index contributed by atoms with van der Waals surface area (Å²) >= 11 is 5.13. The summed E-state index contributed by atoms with van der Waals surface area (Å²) in [6.07, 6.45) is 1.41. The van der Waals surface area contributed by atoms with Crippen LogP contribution in [-0.4, -0.2) is 84.9 Å². The van der Waals surface area contributed by atoms with Crippen LogP contribution < -0.4 is 9.62 Å². The van der Waals surface area contributed by atoms with E-state index < -0.39 is 10.0 Å². The first-order valence-electron chi connectivity index (χ1n) is 10.5. The Kier molecular flexibility index (Phi) is 8.14. The predicted octanol–water partition coefficient (Wildman–Crippen LogP) is 3.57. The summed E-state index contributed by atoms with van der Waals surface area (Å²) < 4.78 is 30.1. The second-order valence-corrected chi connectivity index (χ2v) is 11.3. The molecule has 0 atom stereocenters. The Labute approximate surface area is 237 Å². The van der Waals surface area contributed by atoms with E-state index in [9.17, 15) is 13.2 Å². The van der Waals surface area contributed by atoms with Gasteiger partial charge in [0, 0.05) is 36.8 Å². The molecule has 1 amide bonds. The third kappa shape index (κ3) is 5.71. The summed E-state index contributed by atoms with van der Waals surface area (Å²) in [6, 6.07) is 17.3. The number of carbonyl (C=O) groups excluding carboxylic acids is 1. The molecule has 0 radical (unpaired) electrons. The Morgan fingerprint density at radius 2 is 1.74 bits per heavy atom. The number of hydrogen-bond acceptors (Lipinski definition) is 7. The molecule has 0 spiro atoms. The van der Waals surface area contributed by atoms with Crippen molar-refractivity contribution in [3.05, 3.63) is 76.9 Å². The number of benzene rings is 2. The molecule has 0 unspecified atom stereocenters. The van der Waals surface area contributed by atoms with E-state index in [1.54, 1.807) is 52.6 Å². The molecule has 5 rings (SSSR count). The van der Waals surface area contributed by atoms with Crippen molar-refractivity contribution in [1.82, 2.24) is 14.9 Å². The first kappa shape index (κ1) is 26.1. The number of halogens is 1. The summed E-state index contributed by atoms with van der Waals surface area (Å²) in [5, 5.41) is 0.831. The number of amides is 1. The summed E-state index contributed by atoms with van der Waals surface area (Å²) in [4.78, 5) is 25.9. The molecule has 0 saturated carbocycles. The minimum atomic E-state index is -3.91. The number of anilines is 2. The Morgan fingerprint density at radius 1 is 1.00 bits per heavy atom. The van der Waals surface area contributed by atoms with E-state index in [1.165, 1.54) is 12.3 Å². The number of hydrogen-bond donors (Lipinski definition) is 1. The van der Waals surface area contributed by atoms with Crippen molar-refractivity contribution >= 4 is 93.8 Å². The van der Waals surface area contributed by atoms with Gasteiger partial charge >= 0.3 is 29.6 Å². The number of sulfonamides is 1. The Balaban J connectivity index is 0.00000289. The molecule has 35 heavy (non-hydrogen) atoms. The topological polar surface area (TPSA) is 95.5 Å². The normalized spacial score (nSPS) is 14.0. The number of fused-ring (bicyclic) bond motifs is 1. The molecule has 176 valence electrons. The number of carbonyl (C=O) groups is 1. The van der Waals surface area contributed by atoms with Gasteiger partial charge in [-0.2, -0.15) is 8.42 Å². The SMILES string of the molecule is O=C(c1ccccc1NS(=O)(=O)c1ccccn1)N1CCN(c2nc3ccc(Br)cc3s2)CC1.[NaH]. The number of piperazine rings is 1. The summed E-state index contributed by atoms with van der Waals surface area (Å²) in [5.74, 6) is -0.216. The van der Waals surface area contributed by atoms with Crippen molar-refractivity contribution in [3.63, 3.8) is 0 Å². The van der Waals surface area contributed by atoms with Crippen LogP contribution in [0.5, 0.6) is 0 Å². The van der Waals surface area contributed by atoms with E-state index >= 15 is 0 Å². The number of rotatable bonds is 5. The molecule has 1 aliphatic rings. The summed E-state index contributed by atoms with van der Waals surface area (Å²) in [5.41, 5.74) is 1.49. The van der Waals surface area contributed by atoms with Crippen LogP contribution in [0.25, 0.3) is 10.2 Å². The first-order valence-corrected chi connectivity index (χ1v) is 13.6. The zero-order valence-corrected chi connectivity index (χ0v) is 21.1. The average Bonchev–Trinajstić information content (AvgIpc) is 3.28. The molecule has 1 aliphatic heterocycles. The fraction of sp³-hybridized carbons (Fsp3) is 0.174. The monoisotopic (exact) mass is 581 g/mol. The second-order valence-electron chi connectivity index (χ2n) is 7.71. The van der Waals surface area contributed by atoms with Gasteiger partial charge in [-0.05, 0) is 42.5 Å². The van der Waals surface area contributed by atoms with Crippen LogP contribution in [0.4, 0.5) is 10.8 Å². The van der Waals surface area contributed by atoms with Crippen molar-refractivity contribution in [1.29, 1.82) is 0 Å². The number of nitrogens with one attached hydrogen (secondary N) is 1. The molecule has 8 nitrogen and oxygen atoms in total. The van der Waals surface area contributed by atoms with Gasteiger partial charge in [0.25, 0.3) is 15.9 Å². The van der Waals surface area contributed by atoms with Gasteiger partial charge in [-0.1, -0.05) is 45.5 Å². The zero-order chi connectivity index (χ0) is 23.7. The molecule has 1 saturated heterocycles. The molecule has 2 aromatic heterocycles. The Morgan fingerprint density at radius 3 is 2.49 bits per heavy atom. The fourth-order valence-electron chi connectivity index (χ4n) is 3.75. The molecule has 3 heterocycles. The van der Waals surface area contributed by atoms with Gasteiger partial charge < -0.3 is 9.80 Å². The number of para-hydroxylation sites is 1. The number of pyridine rings is 1. The number of nitrogens with zero attached hydrogens (tertiary/aromatic N) is 4. The average molecular weight is 582 g/mol. The summed E-state index contributed by atoms with van der Waals surface area (Å²) in [6.45, 7) is 2.32. The Hall–Kier alpha value is -2.02. The van der Waals surface area contributed by atoms with E-state index in [0.717, 1.165) is 19.8 Å². The third-order valence-electron chi connectivity index (χ3n) is 5.49. The van der Waals surface area contributed by atoms with Crippen molar-refractivity contribution in [3.8, 4) is 0 Å². The van der Waals surface area contributed by atoms with Crippen LogP contribution in [0, 0.1) is 0 Å². The first-order chi connectivity index (χ1) is 16.4. The standard InChI is InChI=1S/C23H20BrN5O3S2.Na.H/c24-16-8-9-19-20(15-16)33-23(26-19)29-13-11-28(12-14-29)22(30)17-5-1-2-6-18(17)27-34(31,32)21-7-3-4-10-25-21;;/h1-10,15,27H,11-14H2;;. The van der Waals surface area contributed by atoms with E-state index in [2.05, 4.69) is 36.6 Å². The third-order valence-corrected chi connectivity index (χ3v) is 8.34. The van der Waals surface area contributed by atoms with E-state index in [1.807, 2.05) is 12.1 Å². The quantitative estimate of drug-likeness (QED) is 0.362. The minimum absolute atomic E-state index is 0. The van der Waals surface area contributed by atoms with Gasteiger partial charge in [-0.25, -0.2) is 9.97 Å². The van der Waals surface area contributed by atoms with Crippen molar-refractivity contribution in [2.24, 2.45) is 0 Å². The molecular formula is C23H21BrN5NaO3S2. The fourth-order valence-corrected chi connectivity index (χ4v) is 6.35. The summed E-state index contributed by atoms with van der Waals surface area (Å²) in [7, 11) is -3.91. The Bertz CT molecular complexity index is 1460. The molecule has 1 fully saturated rings. The molecular weight excluding hydrogens is 561 g/mol. The van der Waals surface area contributed by atoms with Gasteiger partial charge in [0.15, 0.2) is 10.2 Å². The molecule has 2 aromatic carbocycles. The van der Waals surface area contributed by atoms with E-state index in [0.29, 0.717) is 31.7 Å². The van der Waals surface area contributed by atoms with Gasteiger partial charge in [-0.3, -0.25) is 9.52 Å². The predicted molar refractivity (Wildman–Crippen MR) is 144 cm³/mol. The molecule has 0 aliphatic carbocycles. The van der Waals surface area contributed by atoms with Crippen LogP contribution in [0.3, 0.4) is 0 Å². The van der Waals surface area contributed by atoms with Gasteiger partial charge in [0.05, 0.1) is 21.5 Å². The second kappa shape index (κ2) is 10.9. The van der Waals surface area contributed by atoms with Gasteiger partial charge in [-0.15, -0.1) is 0 Å². The van der Waals surface area contributed by atoms with Crippen LogP contribution in [-0.2, 0) is 10.0 Å². The van der Waals surface area contributed by atoms with E-state index in [-0.39, 0.29) is 46.2 Å². The van der Waals surface area contributed by atoms with Crippen molar-refractivity contribution in [2.75, 3.05) is 35.8 Å². The van der Waals surface area contributed by atoms with Crippen molar-refractivity contribution in [2.45, 2.75) is 5.03 Å². The number of aromatic nitrogens is 2. The van der Waals surface area contributed by atoms with E-state index in [4.69, 9.17) is 4.98 Å². The van der Waals surface area contributed by atoms with Crippen LogP contribution in [0.1, 0.15) is 10.4 Å². The van der Waals surface area contributed by atoms with Crippen LogP contribution >= 0.6 is 27.3 Å². The van der Waals surface area contributed by atoms with Crippen LogP contribution in [0.15, 0.2) is 76.4 Å². The van der Waals surface area contributed by atoms with Crippen LogP contribution in [0.2, 0.25) is 0 Å². The van der Waals surface area contributed by atoms with Crippen molar-refractivity contribution < 1.29 is 13.2 Å². The molecule has 4 aromatic rings. The van der Waals surface area contributed by atoms with Gasteiger partial charge in [0.1, 0.15) is 0 Å². The van der Waals surface area contributed by atoms with Gasteiger partial charge in [0.2, 0.25) is 0 Å². The zero-order valence-electron chi connectivity index (χ0n) is 17.9. The molecule has 0 bridgehead atoms.